The highest BCUT2D eigenvalue weighted by molar-refractivity contribution is 5.72. The van der Waals surface area contributed by atoms with Crippen molar-refractivity contribution in [3.05, 3.63) is 0 Å². The van der Waals surface area contributed by atoms with Crippen LogP contribution in [0.5, 0.6) is 0 Å². The lowest BCUT2D eigenvalue weighted by Gasteiger charge is -2.47. The van der Waals surface area contributed by atoms with Crippen molar-refractivity contribution in [1.82, 2.24) is 4.90 Å². The summed E-state index contributed by atoms with van der Waals surface area (Å²) in [6, 6.07) is -0.525. The zero-order valence-corrected chi connectivity index (χ0v) is 24.3. The van der Waals surface area contributed by atoms with E-state index in [0.717, 1.165) is 32.1 Å². The molecule has 1 fully saturated rings. The van der Waals surface area contributed by atoms with E-state index in [0.29, 0.717) is 38.8 Å². The van der Waals surface area contributed by atoms with Crippen molar-refractivity contribution in [3.63, 3.8) is 0 Å². The van der Waals surface area contributed by atoms with Crippen molar-refractivity contribution < 1.29 is 38.1 Å². The maximum atomic E-state index is 12.7. The Morgan fingerprint density at radius 3 is 1.66 bits per heavy atom. The highest BCUT2D eigenvalue weighted by atomic mass is 16.6. The van der Waals surface area contributed by atoms with E-state index < -0.39 is 36.3 Å². The van der Waals surface area contributed by atoms with Crippen molar-refractivity contribution in [2.24, 2.45) is 0 Å². The number of likely N-dealkylation sites (tertiary alicyclic amines) is 1. The minimum Gasteiger partial charge on any atom is -0.464 e. The van der Waals surface area contributed by atoms with Gasteiger partial charge in [-0.15, -0.1) is 0 Å². The topological polar surface area (TPSA) is 108 Å². The number of rotatable bonds is 19. The SMILES string of the molecule is CCCCCCCN1C[C@H](OC(=O)CCC)[C@@H](OC(=O)CCC)[C@H](OC(=O)CCC)[C@H]1COC(=O)CCC. The molecule has 9 nitrogen and oxygen atoms in total. The molecule has 0 aromatic carbocycles. The second-order valence-electron chi connectivity index (χ2n) is 10.1. The summed E-state index contributed by atoms with van der Waals surface area (Å²) >= 11 is 0. The van der Waals surface area contributed by atoms with Gasteiger partial charge in [-0.1, -0.05) is 60.3 Å². The van der Waals surface area contributed by atoms with Gasteiger partial charge >= 0.3 is 23.9 Å². The molecule has 1 rings (SSSR count). The molecule has 0 unspecified atom stereocenters. The molecule has 0 spiro atoms. The standard InChI is InChI=1S/C29H51NO8/c1-6-11-12-13-14-19-30-20-23(36-25(32)16-8-3)29(38-27(34)18-10-5)28(37-26(33)17-9-4)22(30)21-35-24(31)15-7-2/h22-23,28-29H,6-21H2,1-5H3/t22-,23+,28-,29-/m1/s1. The first-order chi connectivity index (χ1) is 18.3. The van der Waals surface area contributed by atoms with Crippen LogP contribution in [-0.2, 0) is 38.1 Å². The molecular weight excluding hydrogens is 490 g/mol. The summed E-state index contributed by atoms with van der Waals surface area (Å²) in [6.45, 7) is 10.6. The van der Waals surface area contributed by atoms with E-state index in [-0.39, 0.29) is 44.2 Å². The van der Waals surface area contributed by atoms with Gasteiger partial charge in [0.15, 0.2) is 18.3 Å². The third-order valence-corrected chi connectivity index (χ3v) is 6.55. The van der Waals surface area contributed by atoms with E-state index in [9.17, 15) is 19.2 Å². The largest absolute Gasteiger partial charge is 0.464 e. The second kappa shape index (κ2) is 19.8. The van der Waals surface area contributed by atoms with Gasteiger partial charge in [-0.05, 0) is 38.6 Å². The Morgan fingerprint density at radius 1 is 0.605 bits per heavy atom. The molecule has 1 aliphatic heterocycles. The van der Waals surface area contributed by atoms with E-state index in [1.165, 1.54) is 0 Å². The fraction of sp³-hybridized carbons (Fsp3) is 0.862. The van der Waals surface area contributed by atoms with Crippen LogP contribution in [0.15, 0.2) is 0 Å². The molecule has 0 aliphatic carbocycles. The zero-order valence-electron chi connectivity index (χ0n) is 24.3. The van der Waals surface area contributed by atoms with E-state index in [2.05, 4.69) is 11.8 Å². The molecule has 9 heteroatoms. The Hall–Kier alpha value is -2.16. The van der Waals surface area contributed by atoms with Crippen LogP contribution >= 0.6 is 0 Å². The van der Waals surface area contributed by atoms with Crippen molar-refractivity contribution in [2.45, 2.75) is 142 Å². The molecule has 1 saturated heterocycles. The van der Waals surface area contributed by atoms with Crippen molar-refractivity contribution in [3.8, 4) is 0 Å². The predicted octanol–water partition coefficient (Wildman–Crippen LogP) is 5.12. The summed E-state index contributed by atoms with van der Waals surface area (Å²) in [5.41, 5.74) is 0. The molecule has 0 saturated carbocycles. The van der Waals surface area contributed by atoms with Crippen LogP contribution in [0.4, 0.5) is 0 Å². The number of esters is 4. The first-order valence-corrected chi connectivity index (χ1v) is 14.8. The van der Waals surface area contributed by atoms with Crippen molar-refractivity contribution >= 4 is 23.9 Å². The molecule has 1 heterocycles. The number of piperidine rings is 1. The van der Waals surface area contributed by atoms with E-state index in [4.69, 9.17) is 18.9 Å². The molecule has 38 heavy (non-hydrogen) atoms. The summed E-state index contributed by atoms with van der Waals surface area (Å²) in [6.07, 6.45) is 5.99. The van der Waals surface area contributed by atoms with E-state index >= 15 is 0 Å². The lowest BCUT2D eigenvalue weighted by atomic mass is 9.92. The number of unbranched alkanes of at least 4 members (excludes halogenated alkanes) is 4. The smallest absolute Gasteiger partial charge is 0.306 e. The average Bonchev–Trinajstić information content (AvgIpc) is 2.86. The second-order valence-corrected chi connectivity index (χ2v) is 10.1. The van der Waals surface area contributed by atoms with Crippen LogP contribution in [0.3, 0.4) is 0 Å². The Morgan fingerprint density at radius 2 is 1.11 bits per heavy atom. The molecule has 0 amide bonds. The number of carbonyl (C=O) groups is 4. The third kappa shape index (κ3) is 12.6. The monoisotopic (exact) mass is 541 g/mol. The Balaban J connectivity index is 3.35. The molecule has 0 radical (unpaired) electrons. The number of hydrogen-bond acceptors (Lipinski definition) is 9. The van der Waals surface area contributed by atoms with Gasteiger partial charge in [0.1, 0.15) is 6.61 Å². The van der Waals surface area contributed by atoms with E-state index in [1.807, 2.05) is 27.7 Å². The van der Waals surface area contributed by atoms with Gasteiger partial charge in [0, 0.05) is 32.2 Å². The normalized spacial score (nSPS) is 21.5. The lowest BCUT2D eigenvalue weighted by molar-refractivity contribution is -0.210. The molecule has 1 aliphatic rings. The fourth-order valence-corrected chi connectivity index (χ4v) is 4.59. The number of ether oxygens (including phenoxy) is 4. The van der Waals surface area contributed by atoms with Crippen LogP contribution in [0.1, 0.15) is 118 Å². The van der Waals surface area contributed by atoms with Crippen LogP contribution in [0, 0.1) is 0 Å². The Kier molecular flexibility index (Phi) is 17.7. The van der Waals surface area contributed by atoms with Gasteiger partial charge in [0.2, 0.25) is 0 Å². The Labute approximate surface area is 229 Å². The predicted molar refractivity (Wildman–Crippen MR) is 144 cm³/mol. The van der Waals surface area contributed by atoms with Gasteiger partial charge in [0.25, 0.3) is 0 Å². The highest BCUT2D eigenvalue weighted by Crippen LogP contribution is 2.29. The summed E-state index contributed by atoms with van der Waals surface area (Å²) in [4.78, 5) is 52.3. The number of carbonyl (C=O) groups excluding carboxylic acids is 4. The molecule has 220 valence electrons. The maximum absolute atomic E-state index is 12.7. The zero-order chi connectivity index (χ0) is 28.3. The maximum Gasteiger partial charge on any atom is 0.306 e. The molecular formula is C29H51NO8. The van der Waals surface area contributed by atoms with Crippen LogP contribution in [0.25, 0.3) is 0 Å². The summed E-state index contributed by atoms with van der Waals surface area (Å²) < 4.78 is 23.2. The highest BCUT2D eigenvalue weighted by Gasteiger charge is 2.50. The fourth-order valence-electron chi connectivity index (χ4n) is 4.59. The Bertz CT molecular complexity index is 713. The first kappa shape index (κ1) is 33.9. The molecule has 0 bridgehead atoms. The molecule has 0 aromatic heterocycles. The minimum absolute atomic E-state index is 0.00464. The number of hydrogen-bond donors (Lipinski definition) is 0. The van der Waals surface area contributed by atoms with E-state index in [1.54, 1.807) is 0 Å². The number of nitrogens with zero attached hydrogens (tertiary/aromatic N) is 1. The van der Waals surface area contributed by atoms with Crippen LogP contribution < -0.4 is 0 Å². The summed E-state index contributed by atoms with van der Waals surface area (Å²) in [7, 11) is 0. The lowest BCUT2D eigenvalue weighted by Crippen LogP contribution is -2.65. The first-order valence-electron chi connectivity index (χ1n) is 14.8. The van der Waals surface area contributed by atoms with Gasteiger partial charge < -0.3 is 18.9 Å². The summed E-state index contributed by atoms with van der Waals surface area (Å²) in [5, 5.41) is 0. The van der Waals surface area contributed by atoms with Gasteiger partial charge in [0.05, 0.1) is 6.04 Å². The molecule has 0 N–H and O–H groups in total. The van der Waals surface area contributed by atoms with Crippen LogP contribution in [0.2, 0.25) is 0 Å². The van der Waals surface area contributed by atoms with Crippen molar-refractivity contribution in [1.29, 1.82) is 0 Å². The van der Waals surface area contributed by atoms with Crippen LogP contribution in [-0.4, -0.2) is 72.8 Å². The minimum atomic E-state index is -0.984. The average molecular weight is 542 g/mol. The third-order valence-electron chi connectivity index (χ3n) is 6.55. The van der Waals surface area contributed by atoms with Gasteiger partial charge in [-0.25, -0.2) is 0 Å². The summed E-state index contributed by atoms with van der Waals surface area (Å²) in [5.74, 6) is -1.59. The quantitative estimate of drug-likeness (QED) is 0.125. The van der Waals surface area contributed by atoms with Gasteiger partial charge in [-0.2, -0.15) is 0 Å². The van der Waals surface area contributed by atoms with Crippen molar-refractivity contribution in [2.75, 3.05) is 19.7 Å². The molecule has 0 aromatic rings. The molecule has 4 atom stereocenters. The van der Waals surface area contributed by atoms with Gasteiger partial charge in [-0.3, -0.25) is 24.1 Å².